The Hall–Kier alpha value is -1.61. The van der Waals surface area contributed by atoms with Crippen molar-refractivity contribution in [3.63, 3.8) is 0 Å². The highest BCUT2D eigenvalue weighted by Gasteiger charge is 2.26. The minimum Gasteiger partial charge on any atom is -0.371 e. The molecule has 2 heterocycles. The van der Waals surface area contributed by atoms with Gasteiger partial charge >= 0.3 is 0 Å². The molecule has 1 aromatic carbocycles. The van der Waals surface area contributed by atoms with Crippen molar-refractivity contribution < 1.29 is 0 Å². The van der Waals surface area contributed by atoms with Crippen molar-refractivity contribution in [2.75, 3.05) is 18.0 Å². The smallest absolute Gasteiger partial charge is 0.0726 e. The van der Waals surface area contributed by atoms with Gasteiger partial charge in [-0.1, -0.05) is 31.5 Å². The van der Waals surface area contributed by atoms with Gasteiger partial charge in [0.1, 0.15) is 0 Å². The lowest BCUT2D eigenvalue weighted by Gasteiger charge is -2.38. The first-order chi connectivity index (χ1) is 9.69. The molecule has 1 saturated heterocycles. The second-order valence-electron chi connectivity index (χ2n) is 5.87. The summed E-state index contributed by atoms with van der Waals surface area (Å²) in [6.07, 6.45) is 2.23. The maximum atomic E-state index is 6.23. The molecule has 106 valence electrons. The van der Waals surface area contributed by atoms with Crippen molar-refractivity contribution in [3.8, 4) is 0 Å². The van der Waals surface area contributed by atoms with Crippen LogP contribution in [0.2, 0.25) is 0 Å². The molecule has 0 saturated carbocycles. The molecule has 0 amide bonds. The van der Waals surface area contributed by atoms with Crippen molar-refractivity contribution in [2.24, 2.45) is 11.7 Å². The quantitative estimate of drug-likeness (QED) is 0.911. The van der Waals surface area contributed by atoms with E-state index in [1.165, 1.54) is 11.1 Å². The Bertz CT molecular complexity index is 608. The maximum Gasteiger partial charge on any atom is 0.0726 e. The molecule has 3 nitrogen and oxygen atoms in total. The standard InChI is InChI=1S/C17H23N3/c1-3-13-11-20(9-8-15(13)18)17-10-12(2)19-16-7-5-4-6-14(16)17/h4-7,10,13,15H,3,8-9,11,18H2,1-2H3. The van der Waals surface area contributed by atoms with Crippen LogP contribution in [0.4, 0.5) is 5.69 Å². The highest BCUT2D eigenvalue weighted by atomic mass is 15.1. The molecular weight excluding hydrogens is 246 g/mol. The van der Waals surface area contributed by atoms with Gasteiger partial charge in [0.2, 0.25) is 0 Å². The van der Waals surface area contributed by atoms with Gasteiger partial charge in [0, 0.05) is 35.9 Å². The minimum absolute atomic E-state index is 0.352. The number of nitrogens with zero attached hydrogens (tertiary/aromatic N) is 2. The fraction of sp³-hybridized carbons (Fsp3) is 0.471. The van der Waals surface area contributed by atoms with E-state index in [1.807, 2.05) is 0 Å². The van der Waals surface area contributed by atoms with E-state index in [0.29, 0.717) is 12.0 Å². The number of piperidine rings is 1. The Balaban J connectivity index is 2.01. The fourth-order valence-electron chi connectivity index (χ4n) is 3.25. The van der Waals surface area contributed by atoms with Crippen LogP contribution in [0.3, 0.4) is 0 Å². The highest BCUT2D eigenvalue weighted by Crippen LogP contribution is 2.30. The molecule has 1 aromatic heterocycles. The van der Waals surface area contributed by atoms with Crippen LogP contribution in [-0.2, 0) is 0 Å². The van der Waals surface area contributed by atoms with Crippen LogP contribution in [0.25, 0.3) is 10.9 Å². The predicted molar refractivity (Wildman–Crippen MR) is 85.1 cm³/mol. The molecule has 0 bridgehead atoms. The molecular formula is C17H23N3. The number of rotatable bonds is 2. The Morgan fingerprint density at radius 2 is 2.15 bits per heavy atom. The summed E-state index contributed by atoms with van der Waals surface area (Å²) in [7, 11) is 0. The number of para-hydroxylation sites is 1. The minimum atomic E-state index is 0.352. The van der Waals surface area contributed by atoms with E-state index in [4.69, 9.17) is 5.73 Å². The van der Waals surface area contributed by atoms with Gasteiger partial charge in [-0.2, -0.15) is 0 Å². The normalized spacial score (nSPS) is 23.2. The summed E-state index contributed by atoms with van der Waals surface area (Å²) in [4.78, 5) is 7.13. The number of hydrogen-bond acceptors (Lipinski definition) is 3. The number of benzene rings is 1. The number of anilines is 1. The van der Waals surface area contributed by atoms with Crippen molar-refractivity contribution in [3.05, 3.63) is 36.0 Å². The zero-order valence-corrected chi connectivity index (χ0v) is 12.3. The summed E-state index contributed by atoms with van der Waals surface area (Å²) in [6.45, 7) is 6.42. The average molecular weight is 269 g/mol. The molecule has 3 rings (SSSR count). The monoisotopic (exact) mass is 269 g/mol. The van der Waals surface area contributed by atoms with Crippen molar-refractivity contribution >= 4 is 16.6 Å². The van der Waals surface area contributed by atoms with E-state index in [1.54, 1.807) is 0 Å². The van der Waals surface area contributed by atoms with E-state index in [0.717, 1.165) is 37.1 Å². The van der Waals surface area contributed by atoms with Crippen molar-refractivity contribution in [1.82, 2.24) is 4.98 Å². The fourth-order valence-corrected chi connectivity index (χ4v) is 3.25. The molecule has 20 heavy (non-hydrogen) atoms. The van der Waals surface area contributed by atoms with Gasteiger partial charge in [-0.15, -0.1) is 0 Å². The topological polar surface area (TPSA) is 42.2 Å². The van der Waals surface area contributed by atoms with Crippen LogP contribution < -0.4 is 10.6 Å². The van der Waals surface area contributed by atoms with Crippen LogP contribution >= 0.6 is 0 Å². The summed E-state index contributed by atoms with van der Waals surface area (Å²) in [5.41, 5.74) is 9.72. The first-order valence-corrected chi connectivity index (χ1v) is 7.56. The Kier molecular flexibility index (Phi) is 3.62. The molecule has 0 radical (unpaired) electrons. The number of nitrogens with two attached hydrogens (primary N) is 1. The van der Waals surface area contributed by atoms with E-state index < -0.39 is 0 Å². The van der Waals surface area contributed by atoms with Gasteiger partial charge in [-0.05, 0) is 31.4 Å². The average Bonchev–Trinajstić information content (AvgIpc) is 2.47. The summed E-state index contributed by atoms with van der Waals surface area (Å²) < 4.78 is 0. The van der Waals surface area contributed by atoms with Gasteiger partial charge < -0.3 is 10.6 Å². The Labute approximate surface area is 120 Å². The van der Waals surface area contributed by atoms with Gasteiger partial charge in [0.25, 0.3) is 0 Å². The Morgan fingerprint density at radius 3 is 2.95 bits per heavy atom. The largest absolute Gasteiger partial charge is 0.371 e. The molecule has 2 aromatic rings. The van der Waals surface area contributed by atoms with Gasteiger partial charge in [-0.25, -0.2) is 0 Å². The van der Waals surface area contributed by atoms with Crippen LogP contribution in [0.1, 0.15) is 25.5 Å². The summed E-state index contributed by atoms with van der Waals surface area (Å²) >= 11 is 0. The van der Waals surface area contributed by atoms with Crippen molar-refractivity contribution in [1.29, 1.82) is 0 Å². The summed E-state index contributed by atoms with van der Waals surface area (Å²) in [5.74, 6) is 0.594. The number of hydrogen-bond donors (Lipinski definition) is 1. The van der Waals surface area contributed by atoms with Crippen LogP contribution in [0.5, 0.6) is 0 Å². The third-order valence-electron chi connectivity index (χ3n) is 4.48. The second-order valence-corrected chi connectivity index (χ2v) is 5.87. The van der Waals surface area contributed by atoms with Gasteiger partial charge in [0.15, 0.2) is 0 Å². The molecule has 3 heteroatoms. The third kappa shape index (κ3) is 2.38. The van der Waals surface area contributed by atoms with Crippen LogP contribution in [0.15, 0.2) is 30.3 Å². The lowest BCUT2D eigenvalue weighted by molar-refractivity contribution is 0.348. The molecule has 0 aliphatic carbocycles. The zero-order chi connectivity index (χ0) is 14.1. The van der Waals surface area contributed by atoms with Gasteiger partial charge in [0.05, 0.1) is 5.52 Å². The van der Waals surface area contributed by atoms with E-state index in [9.17, 15) is 0 Å². The van der Waals surface area contributed by atoms with Gasteiger partial charge in [-0.3, -0.25) is 4.98 Å². The lowest BCUT2D eigenvalue weighted by atomic mass is 9.90. The molecule has 1 aliphatic rings. The molecule has 1 aliphatic heterocycles. The summed E-state index contributed by atoms with van der Waals surface area (Å²) in [6, 6.07) is 11.0. The molecule has 1 fully saturated rings. The highest BCUT2D eigenvalue weighted by molar-refractivity contribution is 5.92. The molecule has 2 unspecified atom stereocenters. The number of fused-ring (bicyclic) bond motifs is 1. The lowest BCUT2D eigenvalue weighted by Crippen LogP contribution is -2.47. The molecule has 0 spiro atoms. The van der Waals surface area contributed by atoms with Crippen LogP contribution in [0, 0.1) is 12.8 Å². The number of aryl methyl sites for hydroxylation is 1. The summed E-state index contributed by atoms with van der Waals surface area (Å²) in [5, 5.41) is 1.25. The van der Waals surface area contributed by atoms with Crippen LogP contribution in [-0.4, -0.2) is 24.1 Å². The molecule has 2 N–H and O–H groups in total. The van der Waals surface area contributed by atoms with E-state index >= 15 is 0 Å². The first kappa shape index (κ1) is 13.4. The first-order valence-electron chi connectivity index (χ1n) is 7.56. The predicted octanol–water partition coefficient (Wildman–Crippen LogP) is 3.11. The number of aromatic nitrogens is 1. The SMILES string of the molecule is CCC1CN(c2cc(C)nc3ccccc23)CCC1N. The zero-order valence-electron chi connectivity index (χ0n) is 12.3. The van der Waals surface area contributed by atoms with E-state index in [-0.39, 0.29) is 0 Å². The second kappa shape index (κ2) is 5.41. The van der Waals surface area contributed by atoms with Crippen molar-refractivity contribution in [2.45, 2.75) is 32.7 Å². The maximum absolute atomic E-state index is 6.23. The number of pyridine rings is 1. The Morgan fingerprint density at radius 1 is 1.35 bits per heavy atom. The molecule has 2 atom stereocenters. The van der Waals surface area contributed by atoms with E-state index in [2.05, 4.69) is 54.1 Å². The third-order valence-corrected chi connectivity index (χ3v) is 4.48.